The second-order valence-corrected chi connectivity index (χ2v) is 4.60. The number of carboxylic acids is 1. The zero-order valence-corrected chi connectivity index (χ0v) is 10.7. The molecule has 108 valence electrons. The van der Waals surface area contributed by atoms with Crippen LogP contribution in [0.2, 0.25) is 0 Å². The molecule has 19 heavy (non-hydrogen) atoms. The van der Waals surface area contributed by atoms with Gasteiger partial charge in [0.15, 0.2) is 5.96 Å². The number of guanidine groups is 1. The summed E-state index contributed by atoms with van der Waals surface area (Å²) in [5, 5.41) is 18.2. The van der Waals surface area contributed by atoms with E-state index in [0.717, 1.165) is 0 Å². The van der Waals surface area contributed by atoms with Gasteiger partial charge in [0, 0.05) is 32.0 Å². The van der Waals surface area contributed by atoms with E-state index in [1.165, 1.54) is 4.90 Å². The minimum atomic E-state index is -1.04. The molecule has 0 aromatic rings. The number of hydrogen-bond donors (Lipinski definition) is 4. The summed E-state index contributed by atoms with van der Waals surface area (Å²) in [6, 6.07) is -0.877. The SMILES string of the molecule is NC(N)=NCCCC(C(=O)O)N1CC(CO)CC1=O. The first-order valence-electron chi connectivity index (χ1n) is 6.14. The van der Waals surface area contributed by atoms with Crippen molar-refractivity contribution in [3.05, 3.63) is 0 Å². The van der Waals surface area contributed by atoms with E-state index in [2.05, 4.69) is 4.99 Å². The van der Waals surface area contributed by atoms with Gasteiger partial charge in [-0.2, -0.15) is 0 Å². The second-order valence-electron chi connectivity index (χ2n) is 4.60. The van der Waals surface area contributed by atoms with Crippen LogP contribution in [-0.2, 0) is 9.59 Å². The van der Waals surface area contributed by atoms with Crippen molar-refractivity contribution in [1.82, 2.24) is 4.90 Å². The lowest BCUT2D eigenvalue weighted by Crippen LogP contribution is -2.42. The van der Waals surface area contributed by atoms with E-state index in [1.54, 1.807) is 0 Å². The maximum Gasteiger partial charge on any atom is 0.326 e. The summed E-state index contributed by atoms with van der Waals surface area (Å²) < 4.78 is 0. The van der Waals surface area contributed by atoms with Crippen molar-refractivity contribution in [2.75, 3.05) is 19.7 Å². The fourth-order valence-corrected chi connectivity index (χ4v) is 2.14. The molecule has 1 amide bonds. The normalized spacial score (nSPS) is 20.4. The largest absolute Gasteiger partial charge is 0.480 e. The molecule has 1 fully saturated rings. The van der Waals surface area contributed by atoms with Crippen molar-refractivity contribution in [2.45, 2.75) is 25.3 Å². The Bertz CT molecular complexity index is 368. The zero-order chi connectivity index (χ0) is 14.4. The van der Waals surface area contributed by atoms with Crippen LogP contribution in [0.4, 0.5) is 0 Å². The Morgan fingerprint density at radius 3 is 2.68 bits per heavy atom. The smallest absolute Gasteiger partial charge is 0.326 e. The number of carboxylic acid groups (broad SMARTS) is 1. The lowest BCUT2D eigenvalue weighted by molar-refractivity contribution is -0.148. The van der Waals surface area contributed by atoms with Gasteiger partial charge in [-0.05, 0) is 12.8 Å². The quantitative estimate of drug-likeness (QED) is 0.248. The fraction of sp³-hybridized carbons (Fsp3) is 0.727. The number of carbonyl (C=O) groups is 2. The van der Waals surface area contributed by atoms with Crippen LogP contribution in [0, 0.1) is 5.92 Å². The highest BCUT2D eigenvalue weighted by molar-refractivity contribution is 5.85. The maximum absolute atomic E-state index is 11.7. The maximum atomic E-state index is 11.7. The molecule has 8 nitrogen and oxygen atoms in total. The highest BCUT2D eigenvalue weighted by atomic mass is 16.4. The van der Waals surface area contributed by atoms with Crippen LogP contribution < -0.4 is 11.5 Å². The molecule has 1 saturated heterocycles. The van der Waals surface area contributed by atoms with Gasteiger partial charge in [0.05, 0.1) is 0 Å². The number of aliphatic hydroxyl groups is 1. The Hall–Kier alpha value is -1.83. The van der Waals surface area contributed by atoms with E-state index < -0.39 is 12.0 Å². The molecule has 1 rings (SSSR count). The monoisotopic (exact) mass is 272 g/mol. The molecule has 6 N–H and O–H groups in total. The third-order valence-corrected chi connectivity index (χ3v) is 3.09. The molecule has 1 heterocycles. The summed E-state index contributed by atoms with van der Waals surface area (Å²) in [5.41, 5.74) is 10.3. The third-order valence-electron chi connectivity index (χ3n) is 3.09. The molecule has 0 bridgehead atoms. The summed E-state index contributed by atoms with van der Waals surface area (Å²) >= 11 is 0. The number of aliphatic hydroxyl groups excluding tert-OH is 1. The summed E-state index contributed by atoms with van der Waals surface area (Å²) in [7, 11) is 0. The molecule has 0 radical (unpaired) electrons. The Kier molecular flexibility index (Phi) is 5.56. The van der Waals surface area contributed by atoms with Gasteiger partial charge in [-0.1, -0.05) is 0 Å². The van der Waals surface area contributed by atoms with Gasteiger partial charge >= 0.3 is 5.97 Å². The molecule has 0 aromatic carbocycles. The minimum Gasteiger partial charge on any atom is -0.480 e. The Morgan fingerprint density at radius 1 is 1.53 bits per heavy atom. The lowest BCUT2D eigenvalue weighted by atomic mass is 10.1. The van der Waals surface area contributed by atoms with Crippen LogP contribution in [0.1, 0.15) is 19.3 Å². The highest BCUT2D eigenvalue weighted by Gasteiger charge is 2.36. The second kappa shape index (κ2) is 6.93. The molecular weight excluding hydrogens is 252 g/mol. The molecule has 0 saturated carbocycles. The summed E-state index contributed by atoms with van der Waals surface area (Å²) in [6.07, 6.45) is 0.965. The van der Waals surface area contributed by atoms with Crippen molar-refractivity contribution in [1.29, 1.82) is 0 Å². The van der Waals surface area contributed by atoms with Gasteiger partial charge in [-0.3, -0.25) is 9.79 Å². The number of rotatable bonds is 7. The van der Waals surface area contributed by atoms with E-state index >= 15 is 0 Å². The number of carbonyl (C=O) groups excluding carboxylic acids is 1. The van der Waals surface area contributed by atoms with Crippen molar-refractivity contribution in [2.24, 2.45) is 22.4 Å². The van der Waals surface area contributed by atoms with Crippen molar-refractivity contribution < 1.29 is 19.8 Å². The lowest BCUT2D eigenvalue weighted by Gasteiger charge is -2.24. The number of likely N-dealkylation sites (tertiary alicyclic amines) is 1. The van der Waals surface area contributed by atoms with E-state index in [-0.39, 0.29) is 43.8 Å². The zero-order valence-electron chi connectivity index (χ0n) is 10.7. The van der Waals surface area contributed by atoms with Crippen molar-refractivity contribution in [3.63, 3.8) is 0 Å². The Labute approximate surface area is 111 Å². The van der Waals surface area contributed by atoms with E-state index in [1.807, 2.05) is 0 Å². The molecule has 1 aliphatic heterocycles. The van der Waals surface area contributed by atoms with Gasteiger partial charge in [-0.15, -0.1) is 0 Å². The fourth-order valence-electron chi connectivity index (χ4n) is 2.14. The van der Waals surface area contributed by atoms with Crippen molar-refractivity contribution >= 4 is 17.8 Å². The average molecular weight is 272 g/mol. The van der Waals surface area contributed by atoms with E-state index in [4.69, 9.17) is 16.6 Å². The first-order chi connectivity index (χ1) is 8.95. The third kappa shape index (κ3) is 4.40. The number of nitrogens with zero attached hydrogens (tertiary/aromatic N) is 2. The van der Waals surface area contributed by atoms with E-state index in [9.17, 15) is 14.7 Å². The number of aliphatic carboxylic acids is 1. The number of aliphatic imine (C=N–C) groups is 1. The van der Waals surface area contributed by atoms with Gasteiger partial charge < -0.3 is 26.6 Å². The molecule has 1 aliphatic rings. The topological polar surface area (TPSA) is 142 Å². The molecule has 8 heteroatoms. The first-order valence-corrected chi connectivity index (χ1v) is 6.14. The molecular formula is C11H20N4O4. The van der Waals surface area contributed by atoms with Gasteiger partial charge in [0.25, 0.3) is 0 Å². The molecule has 0 aliphatic carbocycles. The van der Waals surface area contributed by atoms with Gasteiger partial charge in [0.2, 0.25) is 5.91 Å². The van der Waals surface area contributed by atoms with Crippen LogP contribution in [0.25, 0.3) is 0 Å². The summed E-state index contributed by atoms with van der Waals surface area (Å²) in [5.74, 6) is -1.48. The van der Waals surface area contributed by atoms with Crippen molar-refractivity contribution in [3.8, 4) is 0 Å². The summed E-state index contributed by atoms with van der Waals surface area (Å²) in [4.78, 5) is 28.0. The molecule has 2 unspecified atom stereocenters. The molecule has 0 aromatic heterocycles. The first kappa shape index (κ1) is 15.2. The predicted octanol–water partition coefficient (Wildman–Crippen LogP) is -1.67. The van der Waals surface area contributed by atoms with Crippen LogP contribution in [-0.4, -0.2) is 58.7 Å². The van der Waals surface area contributed by atoms with Crippen LogP contribution in [0.15, 0.2) is 4.99 Å². The van der Waals surface area contributed by atoms with Crippen LogP contribution >= 0.6 is 0 Å². The highest BCUT2D eigenvalue weighted by Crippen LogP contribution is 2.22. The Morgan fingerprint density at radius 2 is 2.21 bits per heavy atom. The van der Waals surface area contributed by atoms with Crippen LogP contribution in [0.5, 0.6) is 0 Å². The minimum absolute atomic E-state index is 0.0375. The summed E-state index contributed by atoms with van der Waals surface area (Å²) in [6.45, 7) is 0.509. The van der Waals surface area contributed by atoms with Gasteiger partial charge in [0.1, 0.15) is 6.04 Å². The van der Waals surface area contributed by atoms with Crippen LogP contribution in [0.3, 0.4) is 0 Å². The molecule has 0 spiro atoms. The number of hydrogen-bond acceptors (Lipinski definition) is 4. The average Bonchev–Trinajstić information content (AvgIpc) is 2.69. The van der Waals surface area contributed by atoms with E-state index in [0.29, 0.717) is 13.0 Å². The molecule has 2 atom stereocenters. The number of amides is 1. The number of nitrogens with two attached hydrogens (primary N) is 2. The van der Waals surface area contributed by atoms with Gasteiger partial charge in [-0.25, -0.2) is 4.79 Å². The predicted molar refractivity (Wildman–Crippen MR) is 68.2 cm³/mol. The Balaban J connectivity index is 2.55. The standard InChI is InChI=1S/C11H20N4O4/c12-11(13)14-3-1-2-8(10(18)19)15-5-7(6-16)4-9(15)17/h7-8,16H,1-6H2,(H,18,19)(H4,12,13,14).